The summed E-state index contributed by atoms with van der Waals surface area (Å²) < 4.78 is 13.0. The molecule has 15 valence electrons. The standard InChI is InChI=1S/B4H2/c1-3-4-2/h1,3H/q-1/i1T,3D. The third kappa shape index (κ3) is 2.26. The Balaban J connectivity index is 2.75. The van der Waals surface area contributed by atoms with Gasteiger partial charge in [0.1, 0.15) is 0 Å². The molecule has 0 unspecified atom stereocenters. The van der Waals surface area contributed by atoms with Crippen LogP contribution in [0.3, 0.4) is 0 Å². The van der Waals surface area contributed by atoms with Crippen LogP contribution in [0.4, 0.5) is 0 Å². The quantitative estimate of drug-likeness (QED) is 0.315. The summed E-state index contributed by atoms with van der Waals surface area (Å²) in [5.41, 5.74) is 0. The topological polar surface area (TPSA) is 0 Å². The summed E-state index contributed by atoms with van der Waals surface area (Å²) >= 11 is 0. The van der Waals surface area contributed by atoms with Crippen LogP contribution in [0.25, 0.3) is 0 Å². The molecule has 0 heterocycles. The highest BCUT2D eigenvalue weighted by molar-refractivity contribution is 7.37. The van der Waals surface area contributed by atoms with Crippen molar-refractivity contribution in [2.24, 2.45) is 0 Å². The van der Waals surface area contributed by atoms with E-state index in [1.807, 2.05) is 0 Å². The highest BCUT2D eigenvalue weighted by Gasteiger charge is 1.51. The Bertz CT molecular complexity index is 24.7. The molecule has 0 amide bonds. The lowest BCUT2D eigenvalue weighted by Crippen LogP contribution is -2.00. The van der Waals surface area contributed by atoms with Gasteiger partial charge in [-0.1, -0.05) is 1.34 Å². The van der Waals surface area contributed by atoms with Crippen LogP contribution < -0.4 is 0 Å². The Kier molecular flexibility index (Phi) is 1.33. The minimum atomic E-state index is -0.620. The Hall–Kier alpha value is 0.260. The monoisotopic (exact) mass is 49.1 g/mol. The van der Waals surface area contributed by atoms with Gasteiger partial charge >= 0.3 is 0 Å². The van der Waals surface area contributed by atoms with Crippen molar-refractivity contribution in [2.45, 2.75) is 0 Å². The van der Waals surface area contributed by atoms with E-state index in [0.717, 1.165) is 14.8 Å². The van der Waals surface area contributed by atoms with Crippen molar-refractivity contribution in [3.63, 3.8) is 0 Å². The lowest BCUT2D eigenvalue weighted by molar-refractivity contribution is 4.14. The molecular weight excluding hydrogens is 43.2 g/mol. The Labute approximate surface area is 33.3 Å². The van der Waals surface area contributed by atoms with Gasteiger partial charge in [-0.15, -0.1) is 0 Å². The number of rotatable bonds is 2. The second-order valence-electron chi connectivity index (χ2n) is 0.385. The number of hydrogen-bond acceptors (Lipinski definition) is 0. The van der Waals surface area contributed by atoms with E-state index in [2.05, 4.69) is 0 Å². The maximum absolute atomic E-state index is 6.65. The van der Waals surface area contributed by atoms with Crippen LogP contribution in [-0.2, 0) is 0 Å². The van der Waals surface area contributed by atoms with E-state index in [1.165, 1.54) is 0 Å². The lowest BCUT2D eigenvalue weighted by Gasteiger charge is -1.76. The van der Waals surface area contributed by atoms with Crippen LogP contribution >= 0.6 is 0 Å². The van der Waals surface area contributed by atoms with Crippen molar-refractivity contribution in [2.75, 3.05) is 0 Å². The third-order valence-electron chi connectivity index (χ3n) is 0.111. The summed E-state index contributed by atoms with van der Waals surface area (Å²) in [5, 5.41) is 0. The molecule has 0 aliphatic carbocycles. The zero-order valence-corrected chi connectivity index (χ0v) is 2.31. The molecule has 0 aromatic heterocycles. The fourth-order valence-corrected chi connectivity index (χ4v) is 0. The van der Waals surface area contributed by atoms with Crippen LogP contribution in [0.2, 0.25) is 0 Å². The smallest absolute Gasteiger partial charge is 0.00270 e. The summed E-state index contributed by atoms with van der Waals surface area (Å²) in [6.07, 6.45) is 0. The van der Waals surface area contributed by atoms with Gasteiger partial charge in [-0.25, -0.2) is 0 Å². The van der Waals surface area contributed by atoms with E-state index in [9.17, 15) is 0 Å². The molecule has 0 nitrogen and oxygen atoms in total. The van der Waals surface area contributed by atoms with Crippen LogP contribution in [-0.4, -0.2) is 32.2 Å². The largest absolute Gasteiger partial charge is 0.406 e. The molecule has 0 atom stereocenters. The Morgan fingerprint density at radius 2 is 3.75 bits per heavy atom. The molecular formula is H2B4-. The van der Waals surface area contributed by atoms with Gasteiger partial charge in [0.25, 0.3) is 0 Å². The average Bonchev–Trinajstić information content (AvgIpc) is 1.65. The summed E-state index contributed by atoms with van der Waals surface area (Å²) in [4.78, 5) is 0. The molecule has 0 saturated heterocycles. The molecule has 0 spiro atoms. The molecule has 0 saturated carbocycles. The predicted octanol–water partition coefficient (Wildman–Crippen LogP) is -2.06. The van der Waals surface area contributed by atoms with Gasteiger partial charge in [0.15, 0.2) is 0 Å². The van der Waals surface area contributed by atoms with Gasteiger partial charge in [0.05, 0.1) is 0 Å². The van der Waals surface area contributed by atoms with Crippen molar-refractivity contribution in [3.8, 4) is 0 Å². The highest BCUT2D eigenvalue weighted by atomic mass is 12.4. The normalized spacial score (nSPS) is 12.0. The zero-order valence-electron chi connectivity index (χ0n) is 4.31. The predicted molar refractivity (Wildman–Crippen MR) is 25.8 cm³/mol. The summed E-state index contributed by atoms with van der Waals surface area (Å²) in [7, 11) is 6.30. The molecule has 4 heavy (non-hydrogen) atoms. The van der Waals surface area contributed by atoms with Crippen molar-refractivity contribution in [3.05, 3.63) is 0 Å². The molecule has 0 aromatic rings. The van der Waals surface area contributed by atoms with E-state index < -0.39 is 7.02 Å². The zero-order chi connectivity index (χ0) is 4.99. The lowest BCUT2D eigenvalue weighted by atomic mass is 9.19. The molecule has 0 aromatic carbocycles. The number of hydrogen-bond donors (Lipinski definition) is 0. The second-order valence-corrected chi connectivity index (χ2v) is 0.385. The minimum Gasteiger partial charge on any atom is -0.406 e. The van der Waals surface area contributed by atoms with Gasteiger partial charge in [0.2, 0.25) is 0 Å². The molecule has 5 radical (unpaired) electrons. The van der Waals surface area contributed by atoms with Gasteiger partial charge in [-0.05, 0) is 14.8 Å². The van der Waals surface area contributed by atoms with Crippen LogP contribution in [0.1, 0.15) is 0 Å². The Morgan fingerprint density at radius 3 is 3.75 bits per heavy atom. The van der Waals surface area contributed by atoms with E-state index >= 15 is 0 Å². The van der Waals surface area contributed by atoms with Gasteiger partial charge < -0.3 is 9.04 Å². The molecule has 0 aliphatic rings. The SMILES string of the molecule is [2H]B([B][B])[B-][3H]. The molecule has 0 bridgehead atoms. The first-order valence-corrected chi connectivity index (χ1v) is 1.00. The molecule has 0 rings (SSSR count). The fourth-order valence-electron chi connectivity index (χ4n) is 0. The van der Waals surface area contributed by atoms with Gasteiger partial charge in [0, 0.05) is 0 Å². The molecule has 4 heteroatoms. The van der Waals surface area contributed by atoms with Crippen LogP contribution in [0.15, 0.2) is 0 Å². The van der Waals surface area contributed by atoms with Crippen LogP contribution in [0, 0.1) is 0 Å². The van der Waals surface area contributed by atoms with Gasteiger partial charge in [-0.2, -0.15) is 7.02 Å². The third-order valence-corrected chi connectivity index (χ3v) is 0.111. The van der Waals surface area contributed by atoms with Crippen molar-refractivity contribution < 1.29 is 0 Å². The first-order chi connectivity index (χ1) is 2.81. The van der Waals surface area contributed by atoms with Crippen molar-refractivity contribution >= 4 is 29.5 Å². The summed E-state index contributed by atoms with van der Waals surface area (Å²) in [6.45, 7) is 0. The van der Waals surface area contributed by atoms with Crippen LogP contribution in [0.5, 0.6) is 0 Å². The fraction of sp³-hybridized carbons (Fsp3) is 0. The molecule has 0 aliphatic heterocycles. The molecule has 0 fully saturated rings. The second kappa shape index (κ2) is 3.26. The summed E-state index contributed by atoms with van der Waals surface area (Å²) in [6, 6.07) is 0. The minimum absolute atomic E-state index is 0.620. The van der Waals surface area contributed by atoms with E-state index in [1.54, 1.807) is 0 Å². The average molecular weight is 48.3 g/mol. The van der Waals surface area contributed by atoms with Gasteiger partial charge in [-0.3, -0.25) is 0 Å². The van der Waals surface area contributed by atoms with E-state index in [4.69, 9.17) is 10.4 Å². The van der Waals surface area contributed by atoms with E-state index in [-0.39, 0.29) is 0 Å². The highest BCUT2D eigenvalue weighted by Crippen LogP contribution is 1.24. The van der Waals surface area contributed by atoms with E-state index in [0.29, 0.717) is 0 Å². The Morgan fingerprint density at radius 1 is 3.00 bits per heavy atom. The van der Waals surface area contributed by atoms with Crippen molar-refractivity contribution in [1.29, 1.82) is 2.67 Å². The molecule has 0 N–H and O–H groups in total. The maximum atomic E-state index is 6.65. The maximum Gasteiger partial charge on any atom is -0.00270 e. The first kappa shape index (κ1) is 1.64. The summed E-state index contributed by atoms with van der Waals surface area (Å²) in [5.74, 6) is 0. The van der Waals surface area contributed by atoms with Crippen molar-refractivity contribution in [1.82, 2.24) is 0 Å². The first-order valence-electron chi connectivity index (χ1n) is 2.15.